The molecule has 0 aliphatic heterocycles. The van der Waals surface area contributed by atoms with Crippen LogP contribution in [0.3, 0.4) is 0 Å². The summed E-state index contributed by atoms with van der Waals surface area (Å²) in [5.74, 6) is -0.284. The van der Waals surface area contributed by atoms with Gasteiger partial charge in [-0.3, -0.25) is 0 Å². The van der Waals surface area contributed by atoms with Crippen LogP contribution in [0.2, 0.25) is 10.0 Å². The molecule has 4 heteroatoms. The topological polar surface area (TPSA) is 3.24 Å². The van der Waals surface area contributed by atoms with Gasteiger partial charge in [-0.2, -0.15) is 0 Å². The zero-order valence-electron chi connectivity index (χ0n) is 10.0. The first-order valence-electron chi connectivity index (χ1n) is 5.41. The van der Waals surface area contributed by atoms with Crippen molar-refractivity contribution in [2.45, 2.75) is 0 Å². The van der Waals surface area contributed by atoms with Crippen LogP contribution in [0.4, 0.5) is 10.1 Å². The van der Waals surface area contributed by atoms with Gasteiger partial charge in [-0.1, -0.05) is 29.3 Å². The minimum absolute atomic E-state index is 0.284. The number of anilines is 1. The Kier molecular flexibility index (Phi) is 3.79. The summed E-state index contributed by atoms with van der Waals surface area (Å²) >= 11 is 12.0. The lowest BCUT2D eigenvalue weighted by Crippen LogP contribution is -2.10. The summed E-state index contributed by atoms with van der Waals surface area (Å²) in [6.07, 6.45) is 0. The highest BCUT2D eigenvalue weighted by Crippen LogP contribution is 2.32. The van der Waals surface area contributed by atoms with Crippen molar-refractivity contribution < 1.29 is 4.39 Å². The molecule has 0 amide bonds. The van der Waals surface area contributed by atoms with Crippen molar-refractivity contribution in [1.29, 1.82) is 0 Å². The van der Waals surface area contributed by atoms with Gasteiger partial charge in [-0.25, -0.2) is 4.39 Å². The highest BCUT2D eigenvalue weighted by atomic mass is 35.5. The minimum Gasteiger partial charge on any atom is -0.375 e. The van der Waals surface area contributed by atoms with Crippen LogP contribution in [0.15, 0.2) is 36.4 Å². The van der Waals surface area contributed by atoms with Crippen molar-refractivity contribution in [2.75, 3.05) is 19.0 Å². The second-order valence-electron chi connectivity index (χ2n) is 4.18. The molecule has 2 rings (SSSR count). The van der Waals surface area contributed by atoms with Crippen LogP contribution in [-0.2, 0) is 0 Å². The van der Waals surface area contributed by atoms with E-state index in [1.54, 1.807) is 43.3 Å². The van der Waals surface area contributed by atoms with Gasteiger partial charge in [0, 0.05) is 29.7 Å². The molecule has 0 aliphatic carbocycles. The smallest absolute Gasteiger partial charge is 0.147 e. The Labute approximate surface area is 116 Å². The van der Waals surface area contributed by atoms with Gasteiger partial charge < -0.3 is 4.90 Å². The van der Waals surface area contributed by atoms with E-state index in [0.29, 0.717) is 21.3 Å². The van der Waals surface area contributed by atoms with Crippen LogP contribution in [0.1, 0.15) is 0 Å². The number of halogens is 3. The van der Waals surface area contributed by atoms with Crippen molar-refractivity contribution in [1.82, 2.24) is 0 Å². The van der Waals surface area contributed by atoms with E-state index in [-0.39, 0.29) is 5.82 Å². The van der Waals surface area contributed by atoms with Gasteiger partial charge in [0.05, 0.1) is 5.69 Å². The third-order valence-electron chi connectivity index (χ3n) is 2.67. The Balaban J connectivity index is 2.52. The SMILES string of the molecule is CN(C)c1ccc(-c2cc(Cl)ccc2Cl)cc1F. The lowest BCUT2D eigenvalue weighted by molar-refractivity contribution is 0.626. The molecule has 0 aromatic heterocycles. The molecule has 0 aliphatic rings. The van der Waals surface area contributed by atoms with E-state index >= 15 is 0 Å². The molecule has 2 aromatic carbocycles. The van der Waals surface area contributed by atoms with Gasteiger partial charge in [-0.15, -0.1) is 0 Å². The van der Waals surface area contributed by atoms with Crippen molar-refractivity contribution in [3.63, 3.8) is 0 Å². The van der Waals surface area contributed by atoms with Crippen LogP contribution >= 0.6 is 23.2 Å². The van der Waals surface area contributed by atoms with Crippen LogP contribution in [0.5, 0.6) is 0 Å². The van der Waals surface area contributed by atoms with Gasteiger partial charge in [0.25, 0.3) is 0 Å². The predicted molar refractivity (Wildman–Crippen MR) is 76.2 cm³/mol. The molecule has 0 radical (unpaired) electrons. The van der Waals surface area contributed by atoms with Crippen LogP contribution in [-0.4, -0.2) is 14.1 Å². The Hall–Kier alpha value is -1.25. The van der Waals surface area contributed by atoms with Gasteiger partial charge in [0.2, 0.25) is 0 Å². The van der Waals surface area contributed by atoms with E-state index in [1.807, 2.05) is 6.07 Å². The van der Waals surface area contributed by atoms with Crippen molar-refractivity contribution in [3.05, 3.63) is 52.3 Å². The molecule has 0 bridgehead atoms. The quantitative estimate of drug-likeness (QED) is 0.760. The Morgan fingerprint density at radius 3 is 2.33 bits per heavy atom. The van der Waals surface area contributed by atoms with E-state index in [0.717, 1.165) is 5.56 Å². The summed E-state index contributed by atoms with van der Waals surface area (Å²) in [6.45, 7) is 0. The molecule has 0 saturated heterocycles. The first-order chi connectivity index (χ1) is 8.49. The van der Waals surface area contributed by atoms with Gasteiger partial charge in [0.1, 0.15) is 5.82 Å². The normalized spacial score (nSPS) is 10.5. The third-order valence-corrected chi connectivity index (χ3v) is 3.23. The third kappa shape index (κ3) is 2.60. The summed E-state index contributed by atoms with van der Waals surface area (Å²) in [4.78, 5) is 1.72. The standard InChI is InChI=1S/C14H12Cl2FN/c1-18(2)14-6-3-9(7-13(14)17)11-8-10(15)4-5-12(11)16/h3-8H,1-2H3. The molecule has 2 aromatic rings. The molecular weight excluding hydrogens is 272 g/mol. The molecule has 0 atom stereocenters. The maximum absolute atomic E-state index is 13.9. The lowest BCUT2D eigenvalue weighted by Gasteiger charge is -2.14. The fourth-order valence-electron chi connectivity index (χ4n) is 1.76. The number of rotatable bonds is 2. The number of hydrogen-bond donors (Lipinski definition) is 0. The van der Waals surface area contributed by atoms with E-state index in [2.05, 4.69) is 0 Å². The largest absolute Gasteiger partial charge is 0.375 e. The van der Waals surface area contributed by atoms with Crippen LogP contribution in [0, 0.1) is 5.82 Å². The number of hydrogen-bond acceptors (Lipinski definition) is 1. The van der Waals surface area contributed by atoms with E-state index < -0.39 is 0 Å². The van der Waals surface area contributed by atoms with E-state index in [1.165, 1.54) is 6.07 Å². The Bertz CT molecular complexity index is 582. The summed E-state index contributed by atoms with van der Waals surface area (Å²) in [5.41, 5.74) is 1.98. The maximum Gasteiger partial charge on any atom is 0.147 e. The van der Waals surface area contributed by atoms with Gasteiger partial charge >= 0.3 is 0 Å². The minimum atomic E-state index is -0.284. The highest BCUT2D eigenvalue weighted by Gasteiger charge is 2.09. The van der Waals surface area contributed by atoms with Crippen molar-refractivity contribution in [2.24, 2.45) is 0 Å². The molecule has 0 spiro atoms. The second kappa shape index (κ2) is 5.17. The molecule has 0 saturated carbocycles. The molecule has 0 unspecified atom stereocenters. The molecule has 0 heterocycles. The molecular formula is C14H12Cl2FN. The van der Waals surface area contributed by atoms with Crippen LogP contribution in [0.25, 0.3) is 11.1 Å². The van der Waals surface area contributed by atoms with Crippen molar-refractivity contribution in [3.8, 4) is 11.1 Å². The highest BCUT2D eigenvalue weighted by molar-refractivity contribution is 6.35. The predicted octanol–water partition coefficient (Wildman–Crippen LogP) is 4.87. The second-order valence-corrected chi connectivity index (χ2v) is 5.03. The summed E-state index contributed by atoms with van der Waals surface area (Å²) < 4.78 is 13.9. The maximum atomic E-state index is 13.9. The average Bonchev–Trinajstić information content (AvgIpc) is 2.31. The van der Waals surface area contributed by atoms with Crippen molar-refractivity contribution >= 4 is 28.9 Å². The van der Waals surface area contributed by atoms with Gasteiger partial charge in [0.15, 0.2) is 0 Å². The fraction of sp³-hybridized carbons (Fsp3) is 0.143. The van der Waals surface area contributed by atoms with E-state index in [4.69, 9.17) is 23.2 Å². The molecule has 18 heavy (non-hydrogen) atoms. The Morgan fingerprint density at radius 2 is 1.72 bits per heavy atom. The zero-order valence-corrected chi connectivity index (χ0v) is 11.6. The molecule has 1 nitrogen and oxygen atoms in total. The molecule has 94 valence electrons. The molecule has 0 fully saturated rings. The summed E-state index contributed by atoms with van der Waals surface area (Å²) in [5, 5.41) is 1.13. The summed E-state index contributed by atoms with van der Waals surface area (Å²) in [7, 11) is 3.59. The number of nitrogens with zero attached hydrogens (tertiary/aromatic N) is 1. The van der Waals surface area contributed by atoms with Gasteiger partial charge in [-0.05, 0) is 35.9 Å². The average molecular weight is 284 g/mol. The first-order valence-corrected chi connectivity index (χ1v) is 6.17. The summed E-state index contributed by atoms with van der Waals surface area (Å²) in [6, 6.07) is 10.2. The van der Waals surface area contributed by atoms with E-state index in [9.17, 15) is 4.39 Å². The molecule has 0 N–H and O–H groups in total. The lowest BCUT2D eigenvalue weighted by atomic mass is 10.0. The monoisotopic (exact) mass is 283 g/mol. The number of benzene rings is 2. The first kappa shape index (κ1) is 13.2. The van der Waals surface area contributed by atoms with Crippen LogP contribution < -0.4 is 4.90 Å². The Morgan fingerprint density at radius 1 is 1.00 bits per heavy atom. The zero-order chi connectivity index (χ0) is 13.3. The fourth-order valence-corrected chi connectivity index (χ4v) is 2.15.